The Labute approximate surface area is 109 Å². The molecule has 0 saturated carbocycles. The van der Waals surface area contributed by atoms with E-state index in [2.05, 4.69) is 0 Å². The summed E-state index contributed by atoms with van der Waals surface area (Å²) < 4.78 is 36.8. The third-order valence-corrected chi connectivity index (χ3v) is 2.61. The van der Waals surface area contributed by atoms with E-state index in [0.717, 1.165) is 18.2 Å². The van der Waals surface area contributed by atoms with Crippen LogP contribution >= 0.6 is 0 Å². The summed E-state index contributed by atoms with van der Waals surface area (Å²) in [6.07, 6.45) is 0. The lowest BCUT2D eigenvalue weighted by Gasteiger charge is -2.10. The van der Waals surface area contributed by atoms with Gasteiger partial charge in [0.2, 0.25) is 0 Å². The van der Waals surface area contributed by atoms with Gasteiger partial charge < -0.3 is 15.2 Å². The maximum Gasteiger partial charge on any atom is 0.142 e. The van der Waals surface area contributed by atoms with Crippen LogP contribution in [-0.4, -0.2) is 7.11 Å². The fraction of sp³-hybridized carbons (Fsp3) is 0.143. The Hall–Kier alpha value is -2.30. The van der Waals surface area contributed by atoms with Crippen molar-refractivity contribution in [1.29, 1.82) is 0 Å². The molecule has 0 aliphatic rings. The molecule has 0 saturated heterocycles. The smallest absolute Gasteiger partial charge is 0.142 e. The summed E-state index contributed by atoms with van der Waals surface area (Å²) in [5.74, 6) is -0.0394. The Morgan fingerprint density at radius 1 is 1.11 bits per heavy atom. The summed E-state index contributed by atoms with van der Waals surface area (Å²) in [7, 11) is 1.53. The molecule has 0 fully saturated rings. The molecule has 0 atom stereocenters. The van der Waals surface area contributed by atoms with E-state index in [1.807, 2.05) is 0 Å². The van der Waals surface area contributed by atoms with Gasteiger partial charge in [0.1, 0.15) is 29.7 Å². The first-order valence-corrected chi connectivity index (χ1v) is 5.60. The van der Waals surface area contributed by atoms with E-state index in [9.17, 15) is 8.78 Å². The van der Waals surface area contributed by atoms with E-state index in [-0.39, 0.29) is 12.2 Å². The number of hydrogen-bond donors (Lipinski definition) is 1. The van der Waals surface area contributed by atoms with Gasteiger partial charge in [-0.2, -0.15) is 0 Å². The van der Waals surface area contributed by atoms with Crippen molar-refractivity contribution in [2.24, 2.45) is 0 Å². The van der Waals surface area contributed by atoms with Crippen LogP contribution in [0.25, 0.3) is 0 Å². The van der Waals surface area contributed by atoms with Crippen LogP contribution in [-0.2, 0) is 6.61 Å². The zero-order valence-electron chi connectivity index (χ0n) is 10.3. The molecule has 0 aliphatic carbocycles. The lowest BCUT2D eigenvalue weighted by Crippen LogP contribution is -2.01. The number of halogens is 2. The molecule has 0 radical (unpaired) electrons. The van der Waals surface area contributed by atoms with E-state index < -0.39 is 11.6 Å². The molecular formula is C14H13F2NO2. The summed E-state index contributed by atoms with van der Waals surface area (Å²) in [4.78, 5) is 0. The van der Waals surface area contributed by atoms with Gasteiger partial charge >= 0.3 is 0 Å². The van der Waals surface area contributed by atoms with Crippen molar-refractivity contribution in [1.82, 2.24) is 0 Å². The average Bonchev–Trinajstić information content (AvgIpc) is 2.40. The number of benzene rings is 2. The summed E-state index contributed by atoms with van der Waals surface area (Å²) in [6.45, 7) is -0.0971. The van der Waals surface area contributed by atoms with E-state index in [4.69, 9.17) is 15.2 Å². The molecule has 2 aromatic rings. The minimum absolute atomic E-state index is 0.0971. The largest absolute Gasteiger partial charge is 0.497 e. The van der Waals surface area contributed by atoms with Crippen LogP contribution < -0.4 is 15.2 Å². The van der Waals surface area contributed by atoms with Crippen LogP contribution in [0.15, 0.2) is 36.4 Å². The lowest BCUT2D eigenvalue weighted by atomic mass is 10.2. The predicted molar refractivity (Wildman–Crippen MR) is 68.1 cm³/mol. The molecule has 19 heavy (non-hydrogen) atoms. The van der Waals surface area contributed by atoms with Gasteiger partial charge in [0.15, 0.2) is 0 Å². The van der Waals surface area contributed by atoms with Crippen LogP contribution in [0.3, 0.4) is 0 Å². The van der Waals surface area contributed by atoms with Crippen LogP contribution in [0.4, 0.5) is 14.5 Å². The Morgan fingerprint density at radius 2 is 1.89 bits per heavy atom. The second-order valence-corrected chi connectivity index (χ2v) is 3.93. The summed E-state index contributed by atoms with van der Waals surface area (Å²) >= 11 is 0. The van der Waals surface area contributed by atoms with Crippen LogP contribution in [0.5, 0.6) is 11.5 Å². The van der Waals surface area contributed by atoms with E-state index >= 15 is 0 Å². The van der Waals surface area contributed by atoms with Crippen LogP contribution in [0.1, 0.15) is 5.56 Å². The molecule has 0 aliphatic heterocycles. The number of anilines is 1. The summed E-state index contributed by atoms with van der Waals surface area (Å²) in [5.41, 5.74) is 6.26. The first kappa shape index (κ1) is 13.1. The van der Waals surface area contributed by atoms with Crippen molar-refractivity contribution >= 4 is 5.69 Å². The monoisotopic (exact) mass is 265 g/mol. The fourth-order valence-corrected chi connectivity index (χ4v) is 1.59. The molecule has 2 rings (SSSR count). The van der Waals surface area contributed by atoms with Gasteiger partial charge in [-0.05, 0) is 30.3 Å². The number of ether oxygens (including phenoxy) is 2. The highest BCUT2D eigenvalue weighted by molar-refractivity contribution is 5.56. The molecule has 0 spiro atoms. The highest BCUT2D eigenvalue weighted by Gasteiger charge is 2.07. The zero-order chi connectivity index (χ0) is 13.8. The zero-order valence-corrected chi connectivity index (χ0v) is 10.3. The van der Waals surface area contributed by atoms with Crippen LogP contribution in [0, 0.1) is 11.6 Å². The lowest BCUT2D eigenvalue weighted by molar-refractivity contribution is 0.300. The maximum atomic E-state index is 13.4. The van der Waals surface area contributed by atoms with Gasteiger partial charge in [0.05, 0.1) is 12.8 Å². The average molecular weight is 265 g/mol. The molecule has 0 heterocycles. The number of rotatable bonds is 4. The second kappa shape index (κ2) is 5.56. The Kier molecular flexibility index (Phi) is 3.85. The van der Waals surface area contributed by atoms with E-state index in [0.29, 0.717) is 17.2 Å². The Morgan fingerprint density at radius 3 is 2.58 bits per heavy atom. The molecule has 0 amide bonds. The quantitative estimate of drug-likeness (QED) is 0.864. The topological polar surface area (TPSA) is 44.5 Å². The first-order chi connectivity index (χ1) is 9.10. The van der Waals surface area contributed by atoms with Gasteiger partial charge in [-0.3, -0.25) is 0 Å². The number of methoxy groups -OCH3 is 1. The van der Waals surface area contributed by atoms with Crippen molar-refractivity contribution < 1.29 is 18.3 Å². The fourth-order valence-electron chi connectivity index (χ4n) is 1.59. The molecular weight excluding hydrogens is 252 g/mol. The Bertz CT molecular complexity index is 588. The van der Waals surface area contributed by atoms with Gasteiger partial charge in [-0.25, -0.2) is 8.78 Å². The standard InChI is InChI=1S/C14H13F2NO2/c1-18-11-3-5-14(13(17)7-11)19-8-9-6-10(15)2-4-12(9)16/h2-7H,8,17H2,1H3. The molecule has 3 nitrogen and oxygen atoms in total. The third-order valence-electron chi connectivity index (χ3n) is 2.61. The number of nitrogens with two attached hydrogens (primary N) is 1. The van der Waals surface area contributed by atoms with Crippen molar-refractivity contribution in [2.75, 3.05) is 12.8 Å². The van der Waals surface area contributed by atoms with Crippen molar-refractivity contribution in [3.63, 3.8) is 0 Å². The van der Waals surface area contributed by atoms with Crippen LogP contribution in [0.2, 0.25) is 0 Å². The van der Waals surface area contributed by atoms with Crippen molar-refractivity contribution in [3.05, 3.63) is 53.6 Å². The van der Waals surface area contributed by atoms with Crippen molar-refractivity contribution in [3.8, 4) is 11.5 Å². The predicted octanol–water partition coefficient (Wildman–Crippen LogP) is 3.13. The summed E-state index contributed by atoms with van der Waals surface area (Å²) in [5, 5.41) is 0. The third kappa shape index (κ3) is 3.13. The summed E-state index contributed by atoms with van der Waals surface area (Å²) in [6, 6.07) is 8.09. The van der Waals surface area contributed by atoms with Gasteiger partial charge in [-0.15, -0.1) is 0 Å². The first-order valence-electron chi connectivity index (χ1n) is 5.60. The maximum absolute atomic E-state index is 13.4. The highest BCUT2D eigenvalue weighted by Crippen LogP contribution is 2.27. The SMILES string of the molecule is COc1ccc(OCc2cc(F)ccc2F)c(N)c1. The normalized spacial score (nSPS) is 10.3. The molecule has 0 bridgehead atoms. The second-order valence-electron chi connectivity index (χ2n) is 3.93. The molecule has 0 unspecified atom stereocenters. The molecule has 100 valence electrons. The minimum atomic E-state index is -0.520. The van der Waals surface area contributed by atoms with E-state index in [1.165, 1.54) is 7.11 Å². The van der Waals surface area contributed by atoms with Gasteiger partial charge in [-0.1, -0.05) is 0 Å². The van der Waals surface area contributed by atoms with Gasteiger partial charge in [0, 0.05) is 11.6 Å². The number of nitrogen functional groups attached to an aromatic ring is 1. The van der Waals surface area contributed by atoms with Gasteiger partial charge in [0.25, 0.3) is 0 Å². The van der Waals surface area contributed by atoms with Crippen molar-refractivity contribution in [2.45, 2.75) is 6.61 Å². The molecule has 0 aromatic heterocycles. The minimum Gasteiger partial charge on any atom is -0.497 e. The molecule has 2 N–H and O–H groups in total. The highest BCUT2D eigenvalue weighted by atomic mass is 19.1. The molecule has 5 heteroatoms. The van der Waals surface area contributed by atoms with E-state index in [1.54, 1.807) is 18.2 Å². The Balaban J connectivity index is 2.12. The number of hydrogen-bond acceptors (Lipinski definition) is 3. The molecule has 2 aromatic carbocycles.